The molecule has 12 heteroatoms. The maximum atomic E-state index is 12.4. The summed E-state index contributed by atoms with van der Waals surface area (Å²) in [6.45, 7) is 0.412. The van der Waals surface area contributed by atoms with Gasteiger partial charge in [0.25, 0.3) is 5.91 Å². The minimum atomic E-state index is -4.52. The second-order valence-electron chi connectivity index (χ2n) is 7.16. The van der Waals surface area contributed by atoms with Gasteiger partial charge in [-0.05, 0) is 36.8 Å². The molecule has 0 aliphatic carbocycles. The number of rotatable bonds is 7. The van der Waals surface area contributed by atoms with E-state index >= 15 is 0 Å². The molecule has 0 saturated heterocycles. The number of hydrogen-bond acceptors (Lipinski definition) is 7. The molecular weight excluding hydrogens is 439 g/mol. The molecule has 1 heterocycles. The van der Waals surface area contributed by atoms with Gasteiger partial charge in [0.05, 0.1) is 12.7 Å². The zero-order valence-corrected chi connectivity index (χ0v) is 18.0. The van der Waals surface area contributed by atoms with Crippen molar-refractivity contribution in [2.45, 2.75) is 13.1 Å². The Morgan fingerprint density at radius 2 is 2.03 bits per heavy atom. The second-order valence-corrected chi connectivity index (χ2v) is 7.16. The molecular formula is C21H22F3N7O2. The first-order valence-electron chi connectivity index (χ1n) is 9.64. The second kappa shape index (κ2) is 9.18. The van der Waals surface area contributed by atoms with Gasteiger partial charge in [-0.3, -0.25) is 4.79 Å². The largest absolute Gasteiger partial charge is 0.496 e. The Balaban J connectivity index is 1.87. The zero-order chi connectivity index (χ0) is 24.3. The molecule has 33 heavy (non-hydrogen) atoms. The molecule has 3 rings (SSSR count). The quantitative estimate of drug-likeness (QED) is 0.315. The number of benzene rings is 2. The Morgan fingerprint density at radius 3 is 2.67 bits per heavy atom. The van der Waals surface area contributed by atoms with Crippen molar-refractivity contribution in [1.29, 1.82) is 5.41 Å². The predicted octanol–water partition coefficient (Wildman–Crippen LogP) is 3.41. The van der Waals surface area contributed by atoms with Crippen LogP contribution in [-0.2, 0) is 7.05 Å². The molecule has 0 aliphatic rings. The minimum Gasteiger partial charge on any atom is -0.496 e. The number of hydrogen-bond donors (Lipinski definition) is 4. The number of aromatic nitrogens is 3. The van der Waals surface area contributed by atoms with Crippen molar-refractivity contribution in [3.8, 4) is 17.1 Å². The zero-order valence-electron chi connectivity index (χ0n) is 18.0. The fourth-order valence-corrected chi connectivity index (χ4v) is 3.04. The van der Waals surface area contributed by atoms with Gasteiger partial charge in [-0.15, -0.1) is 5.10 Å². The number of anilines is 3. The average Bonchev–Trinajstić information content (AvgIpc) is 3.13. The molecule has 0 radical (unpaired) electrons. The van der Waals surface area contributed by atoms with E-state index in [2.05, 4.69) is 15.4 Å². The normalized spacial score (nSPS) is 11.2. The van der Waals surface area contributed by atoms with E-state index in [4.69, 9.17) is 15.9 Å². The number of ether oxygens (including phenoxy) is 1. The van der Waals surface area contributed by atoms with E-state index in [-0.39, 0.29) is 11.3 Å². The lowest BCUT2D eigenvalue weighted by molar-refractivity contribution is -0.123. The number of alkyl halides is 3. The Morgan fingerprint density at radius 1 is 1.30 bits per heavy atom. The molecule has 2 aromatic carbocycles. The highest BCUT2D eigenvalue weighted by Gasteiger charge is 2.28. The van der Waals surface area contributed by atoms with Crippen LogP contribution in [0.3, 0.4) is 0 Å². The number of methoxy groups -OCH3 is 1. The van der Waals surface area contributed by atoms with Crippen LogP contribution in [0.25, 0.3) is 11.4 Å². The summed E-state index contributed by atoms with van der Waals surface area (Å²) in [5.41, 5.74) is 8.92. The molecule has 0 aliphatic heterocycles. The van der Waals surface area contributed by atoms with Crippen LogP contribution < -0.4 is 21.1 Å². The lowest BCUT2D eigenvalue weighted by atomic mass is 10.1. The van der Waals surface area contributed by atoms with E-state index in [0.29, 0.717) is 34.3 Å². The van der Waals surface area contributed by atoms with Gasteiger partial charge in [0.2, 0.25) is 5.95 Å². The number of carbonyl (C=O) groups excluding carboxylic acids is 1. The third-order valence-corrected chi connectivity index (χ3v) is 4.75. The number of nitrogen functional groups attached to an aromatic ring is 1. The van der Waals surface area contributed by atoms with Gasteiger partial charge in [0.15, 0.2) is 5.82 Å². The van der Waals surface area contributed by atoms with Crippen LogP contribution in [0.15, 0.2) is 30.3 Å². The van der Waals surface area contributed by atoms with E-state index in [9.17, 15) is 18.0 Å². The Kier molecular flexibility index (Phi) is 6.56. The molecule has 1 aromatic heterocycles. The van der Waals surface area contributed by atoms with Gasteiger partial charge in [0.1, 0.15) is 12.3 Å². The van der Waals surface area contributed by atoms with E-state index in [1.54, 1.807) is 19.2 Å². The van der Waals surface area contributed by atoms with E-state index < -0.39 is 18.6 Å². The van der Waals surface area contributed by atoms with Crippen LogP contribution in [-0.4, -0.2) is 46.7 Å². The highest BCUT2D eigenvalue weighted by molar-refractivity contribution is 5.97. The number of halogens is 3. The third-order valence-electron chi connectivity index (χ3n) is 4.75. The minimum absolute atomic E-state index is 0.0450. The fraction of sp³-hybridized carbons (Fsp3) is 0.238. The van der Waals surface area contributed by atoms with E-state index in [1.165, 1.54) is 30.0 Å². The van der Waals surface area contributed by atoms with Crippen molar-refractivity contribution in [3.05, 3.63) is 47.0 Å². The summed E-state index contributed by atoms with van der Waals surface area (Å²) >= 11 is 0. The molecule has 174 valence electrons. The number of nitrogens with two attached hydrogens (primary N) is 1. The summed E-state index contributed by atoms with van der Waals surface area (Å²) in [6.07, 6.45) is -3.37. The van der Waals surface area contributed by atoms with Crippen molar-refractivity contribution in [1.82, 2.24) is 20.1 Å². The van der Waals surface area contributed by atoms with Gasteiger partial charge in [-0.2, -0.15) is 18.2 Å². The van der Waals surface area contributed by atoms with Gasteiger partial charge in [-0.1, -0.05) is 6.07 Å². The van der Waals surface area contributed by atoms with Crippen LogP contribution in [0.2, 0.25) is 0 Å². The fourth-order valence-electron chi connectivity index (χ4n) is 3.04. The van der Waals surface area contributed by atoms with E-state index in [1.807, 2.05) is 12.2 Å². The first-order chi connectivity index (χ1) is 15.5. The molecule has 0 spiro atoms. The summed E-state index contributed by atoms with van der Waals surface area (Å²) in [5, 5.41) is 16.8. The van der Waals surface area contributed by atoms with Crippen molar-refractivity contribution >= 4 is 29.4 Å². The number of amides is 1. The predicted molar refractivity (Wildman–Crippen MR) is 118 cm³/mol. The summed E-state index contributed by atoms with van der Waals surface area (Å²) in [7, 11) is 2.99. The maximum absolute atomic E-state index is 12.4. The van der Waals surface area contributed by atoms with Crippen LogP contribution in [0.5, 0.6) is 5.75 Å². The number of carbonyl (C=O) groups is 1. The van der Waals surface area contributed by atoms with Crippen LogP contribution in [0.4, 0.5) is 30.5 Å². The average molecular weight is 461 g/mol. The number of aryl methyl sites for hydroxylation is 2. The van der Waals surface area contributed by atoms with Gasteiger partial charge >= 0.3 is 6.18 Å². The molecule has 0 fully saturated rings. The monoisotopic (exact) mass is 461 g/mol. The number of nitrogens with zero attached hydrogens (tertiary/aromatic N) is 3. The van der Waals surface area contributed by atoms with Crippen LogP contribution >= 0.6 is 0 Å². The maximum Gasteiger partial charge on any atom is 0.405 e. The first-order valence-corrected chi connectivity index (χ1v) is 9.64. The van der Waals surface area contributed by atoms with Gasteiger partial charge in [-0.25, -0.2) is 4.68 Å². The Bertz CT molecular complexity index is 1210. The molecule has 0 unspecified atom stereocenters. The molecule has 0 atom stereocenters. The van der Waals surface area contributed by atoms with Crippen molar-refractivity contribution in [3.63, 3.8) is 0 Å². The Labute approximate surface area is 187 Å². The topological polar surface area (TPSA) is 131 Å². The lowest BCUT2D eigenvalue weighted by Gasteiger charge is -2.11. The first kappa shape index (κ1) is 23.6. The molecule has 5 N–H and O–H groups in total. The molecule has 3 aromatic rings. The number of nitrogens with one attached hydrogen (secondary N) is 3. The standard InChI is InChI=1S/C21H22F3N7O2/c1-11-6-15(26)13(9-25)7-16(11)28-20-29-18(30-31(20)2)12-4-5-14(17(8-12)33-3)19(32)27-10-21(22,23)24/h4-9,25H,10,26H2,1-3H3,(H,27,32)(H,28,29,30). The lowest BCUT2D eigenvalue weighted by Crippen LogP contribution is -2.33. The molecule has 0 bridgehead atoms. The summed E-state index contributed by atoms with van der Waals surface area (Å²) in [5.74, 6) is -0.118. The molecule has 9 nitrogen and oxygen atoms in total. The summed E-state index contributed by atoms with van der Waals surface area (Å²) in [4.78, 5) is 16.6. The van der Waals surface area contributed by atoms with Gasteiger partial charge in [0, 0.05) is 35.8 Å². The summed E-state index contributed by atoms with van der Waals surface area (Å²) < 4.78 is 43.9. The molecule has 0 saturated carbocycles. The van der Waals surface area contributed by atoms with Crippen LogP contribution in [0.1, 0.15) is 21.5 Å². The molecule has 1 amide bonds. The third kappa shape index (κ3) is 5.40. The Hall–Kier alpha value is -4.09. The van der Waals surface area contributed by atoms with Gasteiger partial charge < -0.3 is 26.5 Å². The SMILES string of the molecule is COc1cc(-c2nc(Nc3cc(C=N)c(N)cc3C)n(C)n2)ccc1C(=O)NCC(F)(F)F. The van der Waals surface area contributed by atoms with Crippen molar-refractivity contribution in [2.24, 2.45) is 7.05 Å². The van der Waals surface area contributed by atoms with Crippen LogP contribution in [0, 0.1) is 12.3 Å². The van der Waals surface area contributed by atoms with Crippen molar-refractivity contribution in [2.75, 3.05) is 24.7 Å². The smallest absolute Gasteiger partial charge is 0.405 e. The van der Waals surface area contributed by atoms with E-state index in [0.717, 1.165) is 11.8 Å². The summed E-state index contributed by atoms with van der Waals surface area (Å²) in [6, 6.07) is 7.82. The van der Waals surface area contributed by atoms with Crippen molar-refractivity contribution < 1.29 is 22.7 Å². The highest BCUT2D eigenvalue weighted by Crippen LogP contribution is 2.29. The highest BCUT2D eigenvalue weighted by atomic mass is 19.4.